The van der Waals surface area contributed by atoms with Crippen molar-refractivity contribution in [2.24, 2.45) is 0 Å². The van der Waals surface area contributed by atoms with Crippen molar-refractivity contribution in [3.63, 3.8) is 0 Å². The third kappa shape index (κ3) is 7.15. The van der Waals surface area contributed by atoms with Crippen molar-refractivity contribution < 1.29 is 14.6 Å². The number of aliphatic hydroxyl groups excluding tert-OH is 1. The van der Waals surface area contributed by atoms with Gasteiger partial charge in [-0.05, 0) is 41.5 Å². The van der Waals surface area contributed by atoms with E-state index >= 15 is 0 Å². The van der Waals surface area contributed by atoms with Gasteiger partial charge in [-0.25, -0.2) is 0 Å². The minimum Gasteiger partial charge on any atom is -0.473 e. The molecule has 1 aromatic heterocycles. The molecule has 7 nitrogen and oxygen atoms in total. The molecule has 0 radical (unpaired) electrons. The van der Waals surface area contributed by atoms with Crippen LogP contribution in [0.15, 0.2) is 0 Å². The van der Waals surface area contributed by atoms with Crippen LogP contribution in [-0.2, 0) is 0 Å². The minimum atomic E-state index is -0.695. The summed E-state index contributed by atoms with van der Waals surface area (Å²) in [6, 6.07) is 0. The van der Waals surface area contributed by atoms with Crippen molar-refractivity contribution in [2.45, 2.75) is 58.7 Å². The fourth-order valence-electron chi connectivity index (χ4n) is 1.47. The quantitative estimate of drug-likeness (QED) is 0.725. The molecule has 1 rings (SSSR count). The fraction of sp³-hybridized carbons (Fsp3) is 0.786. The second kappa shape index (κ2) is 7.34. The van der Waals surface area contributed by atoms with Crippen molar-refractivity contribution in [1.82, 2.24) is 19.4 Å². The van der Waals surface area contributed by atoms with Gasteiger partial charge in [-0.2, -0.15) is 4.37 Å². The average molecular weight is 330 g/mol. The lowest BCUT2D eigenvalue weighted by molar-refractivity contribution is 0.0877. The molecule has 1 heterocycles. The van der Waals surface area contributed by atoms with Crippen LogP contribution < -0.4 is 15.4 Å². The number of rotatable bonds is 6. The van der Waals surface area contributed by atoms with Crippen molar-refractivity contribution >= 4 is 17.6 Å². The number of nitrogens with zero attached hydrogens (tertiary/aromatic N) is 2. The van der Waals surface area contributed by atoms with Crippen LogP contribution in [0.2, 0.25) is 0 Å². The van der Waals surface area contributed by atoms with Gasteiger partial charge in [0.1, 0.15) is 12.7 Å². The Morgan fingerprint density at radius 3 is 2.41 bits per heavy atom. The predicted molar refractivity (Wildman–Crippen MR) is 86.4 cm³/mol. The Bertz CT molecular complexity index is 491. The standard InChI is InChI=1S/C14H26N4O3S/c1-13(2,3)15-7-9(19)8-21-12-10(17-22-18-12)11(20)16-14(4,5)6/h9,15,19H,7-8H2,1-6H3,(H,16,20). The second-order valence-electron chi connectivity index (χ2n) is 7.22. The molecular weight excluding hydrogens is 304 g/mol. The van der Waals surface area contributed by atoms with Crippen LogP contribution in [0.1, 0.15) is 52.0 Å². The van der Waals surface area contributed by atoms with Gasteiger partial charge in [0.15, 0.2) is 0 Å². The van der Waals surface area contributed by atoms with E-state index in [2.05, 4.69) is 19.4 Å². The van der Waals surface area contributed by atoms with Gasteiger partial charge in [0.2, 0.25) is 5.69 Å². The number of amides is 1. The van der Waals surface area contributed by atoms with E-state index in [0.29, 0.717) is 6.54 Å². The van der Waals surface area contributed by atoms with Gasteiger partial charge in [-0.3, -0.25) is 4.79 Å². The van der Waals surface area contributed by atoms with Crippen LogP contribution in [0, 0.1) is 0 Å². The van der Waals surface area contributed by atoms with E-state index < -0.39 is 6.10 Å². The first kappa shape index (κ1) is 18.8. The summed E-state index contributed by atoms with van der Waals surface area (Å²) in [5, 5.41) is 15.9. The third-order valence-corrected chi connectivity index (χ3v) is 2.95. The van der Waals surface area contributed by atoms with Crippen LogP contribution in [0.4, 0.5) is 0 Å². The maximum Gasteiger partial charge on any atom is 0.277 e. The zero-order valence-electron chi connectivity index (χ0n) is 14.1. The maximum absolute atomic E-state index is 12.1. The number of hydrogen-bond donors (Lipinski definition) is 3. The molecule has 3 N–H and O–H groups in total. The molecule has 0 aliphatic carbocycles. The average Bonchev–Trinajstić information content (AvgIpc) is 2.79. The Balaban J connectivity index is 2.54. The number of β-amino-alcohol motifs (C(OH)–C–C–N with tert-alkyl or cyclic N) is 1. The van der Waals surface area contributed by atoms with Gasteiger partial charge < -0.3 is 20.5 Å². The molecule has 0 aliphatic heterocycles. The maximum atomic E-state index is 12.1. The zero-order valence-corrected chi connectivity index (χ0v) is 14.9. The summed E-state index contributed by atoms with van der Waals surface area (Å²) in [5.41, 5.74) is -0.300. The molecule has 0 spiro atoms. The number of carbonyl (C=O) groups is 1. The van der Waals surface area contributed by atoms with Gasteiger partial charge >= 0.3 is 0 Å². The summed E-state index contributed by atoms with van der Waals surface area (Å²) >= 11 is 0.907. The van der Waals surface area contributed by atoms with Gasteiger partial charge in [-0.15, -0.1) is 4.37 Å². The van der Waals surface area contributed by atoms with Gasteiger partial charge in [0.05, 0.1) is 11.7 Å². The van der Waals surface area contributed by atoms with Gasteiger partial charge in [0, 0.05) is 17.6 Å². The number of aromatic nitrogens is 2. The molecule has 1 amide bonds. The molecular formula is C14H26N4O3S. The smallest absolute Gasteiger partial charge is 0.277 e. The third-order valence-electron chi connectivity index (χ3n) is 2.44. The lowest BCUT2D eigenvalue weighted by Crippen LogP contribution is -2.42. The summed E-state index contributed by atoms with van der Waals surface area (Å²) in [5.74, 6) is -0.180. The monoisotopic (exact) mass is 330 g/mol. The predicted octanol–water partition coefficient (Wildman–Crippen LogP) is 1.19. The molecule has 0 bridgehead atoms. The Hall–Kier alpha value is -1.25. The first-order valence-electron chi connectivity index (χ1n) is 7.19. The molecule has 0 saturated heterocycles. The topological polar surface area (TPSA) is 96.4 Å². The summed E-state index contributed by atoms with van der Waals surface area (Å²) < 4.78 is 13.3. The number of hydrogen-bond acceptors (Lipinski definition) is 7. The highest BCUT2D eigenvalue weighted by Gasteiger charge is 2.23. The van der Waals surface area contributed by atoms with Crippen molar-refractivity contribution in [1.29, 1.82) is 0 Å². The molecule has 0 fully saturated rings. The van der Waals surface area contributed by atoms with Crippen LogP contribution >= 0.6 is 11.7 Å². The number of carbonyl (C=O) groups excluding carboxylic acids is 1. The molecule has 0 aliphatic rings. The summed E-state index contributed by atoms with van der Waals surface area (Å²) in [7, 11) is 0. The van der Waals surface area contributed by atoms with E-state index in [1.165, 1.54) is 0 Å². The Labute approximate surface area is 135 Å². The second-order valence-corrected chi connectivity index (χ2v) is 7.75. The summed E-state index contributed by atoms with van der Waals surface area (Å²) in [6.45, 7) is 12.1. The fourth-order valence-corrected chi connectivity index (χ4v) is 1.97. The van der Waals surface area contributed by atoms with E-state index in [1.807, 2.05) is 41.5 Å². The Morgan fingerprint density at radius 2 is 1.86 bits per heavy atom. The highest BCUT2D eigenvalue weighted by atomic mass is 32.1. The van der Waals surface area contributed by atoms with E-state index in [4.69, 9.17) is 4.74 Å². The zero-order chi connectivity index (χ0) is 17.0. The Morgan fingerprint density at radius 1 is 1.23 bits per heavy atom. The summed E-state index contributed by atoms with van der Waals surface area (Å²) in [6.07, 6.45) is -0.695. The van der Waals surface area contributed by atoms with Crippen molar-refractivity contribution in [2.75, 3.05) is 13.2 Å². The largest absolute Gasteiger partial charge is 0.473 e. The Kier molecular flexibility index (Phi) is 6.27. The normalized spacial score (nSPS) is 13.8. The molecule has 0 saturated carbocycles. The highest BCUT2D eigenvalue weighted by molar-refractivity contribution is 6.99. The van der Waals surface area contributed by atoms with E-state index in [0.717, 1.165) is 11.7 Å². The molecule has 1 unspecified atom stereocenters. The number of aliphatic hydroxyl groups is 1. The van der Waals surface area contributed by atoms with Gasteiger partial charge in [0.25, 0.3) is 11.8 Å². The van der Waals surface area contributed by atoms with E-state index in [1.54, 1.807) is 0 Å². The molecule has 22 heavy (non-hydrogen) atoms. The van der Waals surface area contributed by atoms with Crippen LogP contribution in [-0.4, -0.2) is 50.1 Å². The SMILES string of the molecule is CC(C)(C)NCC(O)COc1nsnc1C(=O)NC(C)(C)C. The summed E-state index contributed by atoms with van der Waals surface area (Å²) in [4.78, 5) is 12.1. The lowest BCUT2D eigenvalue weighted by Gasteiger charge is -2.22. The molecule has 8 heteroatoms. The lowest BCUT2D eigenvalue weighted by atomic mass is 10.1. The van der Waals surface area contributed by atoms with Crippen LogP contribution in [0.3, 0.4) is 0 Å². The number of nitrogens with one attached hydrogen (secondary N) is 2. The van der Waals surface area contributed by atoms with Crippen LogP contribution in [0.5, 0.6) is 5.88 Å². The molecule has 1 atom stereocenters. The first-order chi connectivity index (χ1) is 9.98. The molecule has 1 aromatic rings. The number of ether oxygens (including phenoxy) is 1. The minimum absolute atomic E-state index is 0.0459. The first-order valence-corrected chi connectivity index (χ1v) is 7.92. The van der Waals surface area contributed by atoms with Crippen molar-refractivity contribution in [3.05, 3.63) is 5.69 Å². The van der Waals surface area contributed by atoms with Gasteiger partial charge in [-0.1, -0.05) is 0 Å². The molecule has 0 aromatic carbocycles. The van der Waals surface area contributed by atoms with E-state index in [-0.39, 0.29) is 35.2 Å². The van der Waals surface area contributed by atoms with E-state index in [9.17, 15) is 9.90 Å². The highest BCUT2D eigenvalue weighted by Crippen LogP contribution is 2.16. The van der Waals surface area contributed by atoms with Crippen molar-refractivity contribution in [3.8, 4) is 5.88 Å². The van der Waals surface area contributed by atoms with Crippen LogP contribution in [0.25, 0.3) is 0 Å². The molecule has 126 valence electrons.